The summed E-state index contributed by atoms with van der Waals surface area (Å²) in [6.07, 6.45) is 3.48. The van der Waals surface area contributed by atoms with Crippen molar-refractivity contribution in [3.05, 3.63) is 48.0 Å². The van der Waals surface area contributed by atoms with E-state index in [4.69, 9.17) is 11.0 Å². The molecule has 0 fully saturated rings. The van der Waals surface area contributed by atoms with Gasteiger partial charge in [-0.25, -0.2) is 4.98 Å². The number of imidazole rings is 1. The van der Waals surface area contributed by atoms with Crippen LogP contribution in [-0.4, -0.2) is 9.55 Å². The van der Waals surface area contributed by atoms with E-state index in [-0.39, 0.29) is 6.04 Å². The average Bonchev–Trinajstić information content (AvgIpc) is 2.78. The van der Waals surface area contributed by atoms with Crippen LogP contribution in [0, 0.1) is 11.3 Å². The highest BCUT2D eigenvalue weighted by molar-refractivity contribution is 5.40. The van der Waals surface area contributed by atoms with Crippen LogP contribution in [0.2, 0.25) is 0 Å². The number of rotatable bonds is 2. The summed E-state index contributed by atoms with van der Waals surface area (Å²) in [4.78, 5) is 4.08. The van der Waals surface area contributed by atoms with Gasteiger partial charge in [-0.15, -0.1) is 0 Å². The molecule has 0 radical (unpaired) electrons. The summed E-state index contributed by atoms with van der Waals surface area (Å²) >= 11 is 0. The van der Waals surface area contributed by atoms with E-state index in [1.54, 1.807) is 24.7 Å². The van der Waals surface area contributed by atoms with Crippen molar-refractivity contribution in [2.75, 3.05) is 0 Å². The van der Waals surface area contributed by atoms with Crippen LogP contribution in [0.3, 0.4) is 0 Å². The average molecular weight is 212 g/mol. The maximum atomic E-state index is 8.71. The van der Waals surface area contributed by atoms with Gasteiger partial charge >= 0.3 is 0 Å². The number of nitrogens with two attached hydrogens (primary N) is 1. The van der Waals surface area contributed by atoms with Crippen LogP contribution < -0.4 is 5.73 Å². The quantitative estimate of drug-likeness (QED) is 0.824. The van der Waals surface area contributed by atoms with E-state index in [1.165, 1.54) is 0 Å². The minimum atomic E-state index is -0.0712. The molecule has 1 aromatic heterocycles. The number of hydrogen-bond acceptors (Lipinski definition) is 3. The van der Waals surface area contributed by atoms with E-state index in [0.717, 1.165) is 11.4 Å². The Hall–Kier alpha value is -2.12. The van der Waals surface area contributed by atoms with Gasteiger partial charge in [-0.1, -0.05) is 0 Å². The maximum Gasteiger partial charge on any atom is 0.0994 e. The Labute approximate surface area is 94.0 Å². The fourth-order valence-electron chi connectivity index (χ4n) is 1.55. The molecule has 0 unspecified atom stereocenters. The number of benzene rings is 1. The Kier molecular flexibility index (Phi) is 2.71. The molecule has 0 aliphatic heterocycles. The molecule has 0 saturated carbocycles. The topological polar surface area (TPSA) is 67.6 Å². The maximum absolute atomic E-state index is 8.71. The van der Waals surface area contributed by atoms with Gasteiger partial charge in [0.25, 0.3) is 0 Å². The summed E-state index contributed by atoms with van der Waals surface area (Å²) < 4.78 is 1.92. The van der Waals surface area contributed by atoms with Gasteiger partial charge in [-0.3, -0.25) is 0 Å². The number of nitrogens with zero attached hydrogens (tertiary/aromatic N) is 3. The van der Waals surface area contributed by atoms with E-state index in [2.05, 4.69) is 11.1 Å². The predicted molar refractivity (Wildman–Crippen MR) is 60.9 cm³/mol. The molecule has 0 amide bonds. The molecule has 0 bridgehead atoms. The molecule has 0 saturated heterocycles. The third kappa shape index (κ3) is 1.81. The summed E-state index contributed by atoms with van der Waals surface area (Å²) in [5.74, 6) is 0. The van der Waals surface area contributed by atoms with Crippen molar-refractivity contribution < 1.29 is 0 Å². The zero-order valence-electron chi connectivity index (χ0n) is 8.96. The minimum absolute atomic E-state index is 0.0712. The largest absolute Gasteiger partial charge is 0.323 e. The molecule has 4 heteroatoms. The molecule has 1 heterocycles. The van der Waals surface area contributed by atoms with E-state index >= 15 is 0 Å². The molecule has 2 rings (SSSR count). The Morgan fingerprint density at radius 1 is 1.38 bits per heavy atom. The fourth-order valence-corrected chi connectivity index (χ4v) is 1.55. The fraction of sp³-hybridized carbons (Fsp3) is 0.167. The second kappa shape index (κ2) is 4.17. The number of nitriles is 1. The van der Waals surface area contributed by atoms with Crippen LogP contribution >= 0.6 is 0 Å². The van der Waals surface area contributed by atoms with E-state index in [0.29, 0.717) is 5.56 Å². The first-order valence-electron chi connectivity index (χ1n) is 5.00. The zero-order valence-corrected chi connectivity index (χ0v) is 8.96. The van der Waals surface area contributed by atoms with Crippen molar-refractivity contribution in [2.45, 2.75) is 13.0 Å². The minimum Gasteiger partial charge on any atom is -0.323 e. The smallest absolute Gasteiger partial charge is 0.0994 e. The van der Waals surface area contributed by atoms with Gasteiger partial charge in [-0.05, 0) is 31.2 Å². The predicted octanol–water partition coefficient (Wildman–Crippen LogP) is 1.76. The Morgan fingerprint density at radius 3 is 2.62 bits per heavy atom. The van der Waals surface area contributed by atoms with Crippen molar-refractivity contribution in [2.24, 2.45) is 5.73 Å². The van der Waals surface area contributed by atoms with Crippen LogP contribution in [0.25, 0.3) is 5.69 Å². The second-order valence-corrected chi connectivity index (χ2v) is 3.64. The second-order valence-electron chi connectivity index (χ2n) is 3.64. The first-order chi connectivity index (χ1) is 7.72. The van der Waals surface area contributed by atoms with Gasteiger partial charge in [0.05, 0.1) is 29.9 Å². The summed E-state index contributed by atoms with van der Waals surface area (Å²) in [5, 5.41) is 8.71. The van der Waals surface area contributed by atoms with E-state index < -0.39 is 0 Å². The van der Waals surface area contributed by atoms with Gasteiger partial charge in [0.2, 0.25) is 0 Å². The molecule has 0 aliphatic carbocycles. The Balaban J connectivity index is 2.43. The van der Waals surface area contributed by atoms with E-state index in [1.807, 2.05) is 23.6 Å². The first kappa shape index (κ1) is 10.4. The van der Waals surface area contributed by atoms with Gasteiger partial charge in [-0.2, -0.15) is 5.26 Å². The normalized spacial score (nSPS) is 12.1. The summed E-state index contributed by atoms with van der Waals surface area (Å²) in [6.45, 7) is 1.91. The highest BCUT2D eigenvalue weighted by Gasteiger charge is 2.07. The molecular formula is C12H12N4. The standard InChI is InChI=1S/C12H12N4/c1-9(14)12-7-15-8-16(12)11-4-2-10(6-13)3-5-11/h2-5,7-9H,14H2,1H3/t9-/m0/s1. The van der Waals surface area contributed by atoms with E-state index in [9.17, 15) is 0 Å². The molecule has 1 atom stereocenters. The van der Waals surface area contributed by atoms with Gasteiger partial charge in [0.15, 0.2) is 0 Å². The third-order valence-electron chi connectivity index (χ3n) is 2.41. The van der Waals surface area contributed by atoms with Crippen molar-refractivity contribution in [1.82, 2.24) is 9.55 Å². The third-order valence-corrected chi connectivity index (χ3v) is 2.41. The lowest BCUT2D eigenvalue weighted by molar-refractivity contribution is 0.752. The lowest BCUT2D eigenvalue weighted by atomic mass is 10.2. The molecule has 0 aliphatic rings. The molecular weight excluding hydrogens is 200 g/mol. The van der Waals surface area contributed by atoms with Gasteiger partial charge in [0.1, 0.15) is 0 Å². The Bertz CT molecular complexity index is 517. The SMILES string of the molecule is C[C@H](N)c1cncn1-c1ccc(C#N)cc1. The first-order valence-corrected chi connectivity index (χ1v) is 5.00. The summed E-state index contributed by atoms with van der Waals surface area (Å²) in [6, 6.07) is 9.33. The molecule has 2 N–H and O–H groups in total. The molecule has 4 nitrogen and oxygen atoms in total. The summed E-state index contributed by atoms with van der Waals surface area (Å²) in [5.41, 5.74) is 8.39. The van der Waals surface area contributed by atoms with Crippen LogP contribution in [0.4, 0.5) is 0 Å². The monoisotopic (exact) mass is 212 g/mol. The van der Waals surface area contributed by atoms with Crippen molar-refractivity contribution in [3.63, 3.8) is 0 Å². The molecule has 16 heavy (non-hydrogen) atoms. The Morgan fingerprint density at radius 2 is 2.06 bits per heavy atom. The number of hydrogen-bond donors (Lipinski definition) is 1. The lowest BCUT2D eigenvalue weighted by Crippen LogP contribution is -2.10. The van der Waals surface area contributed by atoms with Crippen molar-refractivity contribution in [1.29, 1.82) is 5.26 Å². The molecule has 1 aromatic carbocycles. The van der Waals surface area contributed by atoms with Gasteiger partial charge < -0.3 is 10.3 Å². The summed E-state index contributed by atoms with van der Waals surface area (Å²) in [7, 11) is 0. The van der Waals surface area contributed by atoms with Gasteiger partial charge in [0, 0.05) is 11.7 Å². The highest BCUT2D eigenvalue weighted by Crippen LogP contribution is 2.16. The molecule has 80 valence electrons. The van der Waals surface area contributed by atoms with Crippen LogP contribution in [0.15, 0.2) is 36.8 Å². The lowest BCUT2D eigenvalue weighted by Gasteiger charge is -2.10. The molecule has 2 aromatic rings. The van der Waals surface area contributed by atoms with Crippen LogP contribution in [0.5, 0.6) is 0 Å². The number of aromatic nitrogens is 2. The van der Waals surface area contributed by atoms with Crippen LogP contribution in [0.1, 0.15) is 24.2 Å². The van der Waals surface area contributed by atoms with Crippen molar-refractivity contribution >= 4 is 0 Å². The van der Waals surface area contributed by atoms with Crippen molar-refractivity contribution in [3.8, 4) is 11.8 Å². The highest BCUT2D eigenvalue weighted by atomic mass is 15.1. The molecule has 0 spiro atoms. The van der Waals surface area contributed by atoms with Crippen LogP contribution in [-0.2, 0) is 0 Å². The zero-order chi connectivity index (χ0) is 11.5.